The first-order valence-electron chi connectivity index (χ1n) is 7.05. The van der Waals surface area contributed by atoms with Gasteiger partial charge in [0.1, 0.15) is 5.82 Å². The van der Waals surface area contributed by atoms with Crippen molar-refractivity contribution in [2.75, 3.05) is 11.6 Å². The predicted octanol–water partition coefficient (Wildman–Crippen LogP) is 3.60. The lowest BCUT2D eigenvalue weighted by molar-refractivity contribution is 0.629. The molecule has 0 aliphatic heterocycles. The highest BCUT2D eigenvalue weighted by molar-refractivity contribution is 7.99. The summed E-state index contributed by atoms with van der Waals surface area (Å²) in [5, 5.41) is 8.56. The van der Waals surface area contributed by atoms with E-state index in [9.17, 15) is 4.39 Å². The van der Waals surface area contributed by atoms with E-state index in [0.717, 1.165) is 5.56 Å². The normalized spacial score (nSPS) is 11.2. The van der Waals surface area contributed by atoms with E-state index in [2.05, 4.69) is 10.2 Å². The maximum Gasteiger partial charge on any atom is 0.210 e. The monoisotopic (exact) mass is 326 g/mol. The molecule has 116 valence electrons. The number of hydrogen-bond acceptors (Lipinski definition) is 4. The Hall–Kier alpha value is -2.60. The van der Waals surface area contributed by atoms with Crippen molar-refractivity contribution in [3.8, 4) is 11.4 Å². The van der Waals surface area contributed by atoms with E-state index in [1.807, 2.05) is 42.5 Å². The zero-order valence-electron chi connectivity index (χ0n) is 12.3. The summed E-state index contributed by atoms with van der Waals surface area (Å²) in [6.07, 6.45) is 4.06. The van der Waals surface area contributed by atoms with Crippen LogP contribution < -0.4 is 5.84 Å². The molecule has 0 amide bonds. The highest BCUT2D eigenvalue weighted by Gasteiger charge is 2.14. The van der Waals surface area contributed by atoms with Crippen molar-refractivity contribution in [3.05, 3.63) is 72.1 Å². The van der Waals surface area contributed by atoms with Gasteiger partial charge < -0.3 is 5.84 Å². The standard InChI is InChI=1S/C17H15FN4S/c18-15-11-5-4-10-14(15)16-20-21-17(22(16)19)23-12-6-9-13-7-2-1-3-8-13/h1-11H,12,19H2/b9-6+. The van der Waals surface area contributed by atoms with Crippen LogP contribution in [0.25, 0.3) is 17.5 Å². The van der Waals surface area contributed by atoms with E-state index in [-0.39, 0.29) is 5.82 Å². The van der Waals surface area contributed by atoms with Crippen LogP contribution in [0.2, 0.25) is 0 Å². The van der Waals surface area contributed by atoms with Crippen LogP contribution in [0.1, 0.15) is 5.56 Å². The first-order chi connectivity index (χ1) is 11.3. The minimum Gasteiger partial charge on any atom is -0.335 e. The van der Waals surface area contributed by atoms with Crippen LogP contribution >= 0.6 is 11.8 Å². The number of rotatable bonds is 5. The number of hydrogen-bond donors (Lipinski definition) is 1. The molecular weight excluding hydrogens is 311 g/mol. The first kappa shape index (κ1) is 15.3. The smallest absolute Gasteiger partial charge is 0.210 e. The third-order valence-corrected chi connectivity index (χ3v) is 4.09. The van der Waals surface area contributed by atoms with Crippen LogP contribution in [-0.2, 0) is 0 Å². The number of nitrogens with two attached hydrogens (primary N) is 1. The second kappa shape index (κ2) is 7.11. The molecule has 1 heterocycles. The SMILES string of the molecule is Nn1c(SC/C=C/c2ccccc2)nnc1-c1ccccc1F. The minimum atomic E-state index is -0.368. The van der Waals surface area contributed by atoms with Gasteiger partial charge in [0.2, 0.25) is 5.16 Å². The van der Waals surface area contributed by atoms with Crippen molar-refractivity contribution >= 4 is 17.8 Å². The van der Waals surface area contributed by atoms with Crippen molar-refractivity contribution < 1.29 is 4.39 Å². The molecule has 23 heavy (non-hydrogen) atoms. The number of halogens is 1. The highest BCUT2D eigenvalue weighted by Crippen LogP contribution is 2.23. The van der Waals surface area contributed by atoms with Gasteiger partial charge in [-0.3, -0.25) is 0 Å². The molecule has 0 aliphatic carbocycles. The number of thioether (sulfide) groups is 1. The zero-order valence-corrected chi connectivity index (χ0v) is 13.1. The molecule has 4 nitrogen and oxygen atoms in total. The van der Waals surface area contributed by atoms with Crippen LogP contribution in [0, 0.1) is 5.82 Å². The number of aromatic nitrogens is 3. The van der Waals surface area contributed by atoms with Crippen LogP contribution in [0.15, 0.2) is 65.8 Å². The lowest BCUT2D eigenvalue weighted by atomic mass is 10.2. The highest BCUT2D eigenvalue weighted by atomic mass is 32.2. The average molecular weight is 326 g/mol. The minimum absolute atomic E-state index is 0.317. The van der Waals surface area contributed by atoms with Crippen molar-refractivity contribution in [3.63, 3.8) is 0 Å². The van der Waals surface area contributed by atoms with Crippen LogP contribution in [0.5, 0.6) is 0 Å². The summed E-state index contributed by atoms with van der Waals surface area (Å²) in [6, 6.07) is 16.4. The van der Waals surface area contributed by atoms with Crippen molar-refractivity contribution in [2.45, 2.75) is 5.16 Å². The quantitative estimate of drug-likeness (QED) is 0.575. The topological polar surface area (TPSA) is 56.7 Å². The molecule has 6 heteroatoms. The van der Waals surface area contributed by atoms with Gasteiger partial charge in [-0.15, -0.1) is 10.2 Å². The molecule has 1 aromatic heterocycles. The molecule has 2 N–H and O–H groups in total. The van der Waals surface area contributed by atoms with Gasteiger partial charge in [-0.05, 0) is 17.7 Å². The Balaban J connectivity index is 1.68. The number of nitrogens with zero attached hydrogens (tertiary/aromatic N) is 3. The van der Waals surface area contributed by atoms with Gasteiger partial charge >= 0.3 is 0 Å². The molecule has 0 radical (unpaired) electrons. The molecule has 0 unspecified atom stereocenters. The van der Waals surface area contributed by atoms with E-state index >= 15 is 0 Å². The van der Waals surface area contributed by atoms with Gasteiger partial charge in [0.25, 0.3) is 0 Å². The van der Waals surface area contributed by atoms with Crippen molar-refractivity contribution in [1.29, 1.82) is 0 Å². The summed E-state index contributed by atoms with van der Waals surface area (Å²) in [7, 11) is 0. The van der Waals surface area contributed by atoms with Crippen molar-refractivity contribution in [1.82, 2.24) is 14.9 Å². The second-order valence-electron chi connectivity index (χ2n) is 4.78. The molecule has 0 atom stereocenters. The largest absolute Gasteiger partial charge is 0.335 e. The molecule has 0 fully saturated rings. The molecule has 0 bridgehead atoms. The maximum atomic E-state index is 13.8. The van der Waals surface area contributed by atoms with E-state index in [4.69, 9.17) is 5.84 Å². The summed E-state index contributed by atoms with van der Waals surface area (Å²) in [6.45, 7) is 0. The van der Waals surface area contributed by atoms with Crippen LogP contribution in [0.4, 0.5) is 4.39 Å². The molecule has 0 aliphatic rings. The van der Waals surface area contributed by atoms with E-state index in [1.165, 1.54) is 22.5 Å². The summed E-state index contributed by atoms with van der Waals surface area (Å²) in [5.41, 5.74) is 1.48. The molecule has 0 spiro atoms. The summed E-state index contributed by atoms with van der Waals surface area (Å²) < 4.78 is 15.1. The molecule has 3 rings (SSSR count). The van der Waals surface area contributed by atoms with E-state index in [0.29, 0.717) is 22.3 Å². The molecular formula is C17H15FN4S. The lowest BCUT2D eigenvalue weighted by Gasteiger charge is -2.03. The van der Waals surface area contributed by atoms with Gasteiger partial charge in [0.15, 0.2) is 5.82 Å². The molecule has 2 aromatic carbocycles. The predicted molar refractivity (Wildman–Crippen MR) is 91.8 cm³/mol. The fourth-order valence-corrected chi connectivity index (χ4v) is 2.74. The number of benzene rings is 2. The summed E-state index contributed by atoms with van der Waals surface area (Å²) >= 11 is 1.44. The molecule has 3 aromatic rings. The van der Waals surface area contributed by atoms with E-state index in [1.54, 1.807) is 18.2 Å². The first-order valence-corrected chi connectivity index (χ1v) is 8.04. The van der Waals surface area contributed by atoms with Gasteiger partial charge in [-0.25, -0.2) is 9.07 Å². The van der Waals surface area contributed by atoms with Gasteiger partial charge in [-0.2, -0.15) is 0 Å². The summed E-state index contributed by atoms with van der Waals surface area (Å²) in [4.78, 5) is 0. The van der Waals surface area contributed by atoms with Gasteiger partial charge in [-0.1, -0.05) is 66.4 Å². The Kier molecular flexibility index (Phi) is 4.73. The third-order valence-electron chi connectivity index (χ3n) is 3.20. The van der Waals surface area contributed by atoms with Crippen molar-refractivity contribution in [2.24, 2.45) is 0 Å². The van der Waals surface area contributed by atoms with Gasteiger partial charge in [0.05, 0.1) is 5.56 Å². The Morgan fingerprint density at radius 3 is 2.57 bits per heavy atom. The molecule has 0 saturated carbocycles. The summed E-state index contributed by atoms with van der Waals surface area (Å²) in [5.74, 6) is 6.62. The van der Waals surface area contributed by atoms with E-state index < -0.39 is 0 Å². The zero-order chi connectivity index (χ0) is 16.1. The maximum absolute atomic E-state index is 13.8. The van der Waals surface area contributed by atoms with Crippen LogP contribution in [-0.4, -0.2) is 20.6 Å². The average Bonchev–Trinajstić information content (AvgIpc) is 2.94. The Morgan fingerprint density at radius 1 is 1.04 bits per heavy atom. The fourth-order valence-electron chi connectivity index (χ4n) is 2.07. The third kappa shape index (κ3) is 3.60. The van der Waals surface area contributed by atoms with Gasteiger partial charge in [0, 0.05) is 5.75 Å². The Morgan fingerprint density at radius 2 is 1.78 bits per heavy atom. The molecule has 0 saturated heterocycles. The Bertz CT molecular complexity index is 814. The second-order valence-corrected chi connectivity index (χ2v) is 5.77. The number of nitrogen functional groups attached to an aromatic ring is 1. The fraction of sp³-hybridized carbons (Fsp3) is 0.0588. The lowest BCUT2D eigenvalue weighted by Crippen LogP contribution is -2.12. The Labute approximate surface area is 137 Å². The van der Waals surface area contributed by atoms with Crippen LogP contribution in [0.3, 0.4) is 0 Å².